The summed E-state index contributed by atoms with van der Waals surface area (Å²) in [5.41, 5.74) is 14.9. The van der Waals surface area contributed by atoms with Crippen molar-refractivity contribution >= 4 is 70.6 Å². The van der Waals surface area contributed by atoms with Gasteiger partial charge in [0.15, 0.2) is 0 Å². The van der Waals surface area contributed by atoms with Crippen LogP contribution in [0.2, 0.25) is 15.1 Å². The smallest absolute Gasteiger partial charge is 0.423 e. The number of hydrogen-bond donors (Lipinski definition) is 4. The van der Waals surface area contributed by atoms with E-state index in [1.165, 1.54) is 12.4 Å². The molecule has 0 spiro atoms. The number of carbonyl (C=O) groups excluding carboxylic acids is 2. The molecule has 6 N–H and O–H groups in total. The van der Waals surface area contributed by atoms with E-state index >= 15 is 0 Å². The zero-order valence-electron chi connectivity index (χ0n) is 26.0. The summed E-state index contributed by atoms with van der Waals surface area (Å²) < 4.78 is 0. The van der Waals surface area contributed by atoms with E-state index in [1.807, 2.05) is 18.3 Å². The number of pyridine rings is 4. The van der Waals surface area contributed by atoms with Gasteiger partial charge in [-0.3, -0.25) is 29.5 Å². The third-order valence-electron chi connectivity index (χ3n) is 8.12. The molecule has 6 heterocycles. The minimum atomic E-state index is -1.38. The Labute approximate surface area is 294 Å². The van der Waals surface area contributed by atoms with Crippen molar-refractivity contribution in [3.8, 4) is 11.1 Å². The second kappa shape index (κ2) is 17.9. The SMILES string of the molecule is NC(=O)C1CCN(c2c(Cl)cncc2-c2ccncc2)CC1.NC(=O)C1CCN(c2c(Cl)cncc2Cl)CC1.OB(O)c1ccncc1. The van der Waals surface area contributed by atoms with E-state index < -0.39 is 7.12 Å². The Morgan fingerprint density at radius 2 is 1.04 bits per heavy atom. The maximum absolute atomic E-state index is 11.3. The summed E-state index contributed by atoms with van der Waals surface area (Å²) in [6.07, 6.45) is 16.1. The van der Waals surface area contributed by atoms with Crippen LogP contribution in [0.4, 0.5) is 11.4 Å². The molecule has 48 heavy (non-hydrogen) atoms. The molecule has 0 unspecified atom stereocenters. The molecule has 0 aromatic carbocycles. The molecule has 2 aliphatic heterocycles. The summed E-state index contributed by atoms with van der Waals surface area (Å²) in [4.78, 5) is 42.5. The number of piperidine rings is 2. The van der Waals surface area contributed by atoms with Crippen molar-refractivity contribution in [2.45, 2.75) is 25.7 Å². The molecule has 2 aliphatic rings. The molecule has 0 atom stereocenters. The maximum atomic E-state index is 11.3. The monoisotopic (exact) mass is 712 g/mol. The van der Waals surface area contributed by atoms with E-state index in [0.29, 0.717) is 20.5 Å². The van der Waals surface area contributed by atoms with Crippen molar-refractivity contribution in [3.05, 3.63) is 88.9 Å². The standard InChI is InChI=1S/C16H17ClN4O.C11H13Cl2N3O.C5H6BNO2/c17-14-10-20-9-13(11-1-5-19-6-2-11)15(14)21-7-3-12(4-8-21)16(18)22;12-8-5-15-6-9(13)10(8)16-3-1-7(2-4-16)11(14)17;8-6(9)5-1-3-7-4-2-5/h1-2,5-6,9-10,12H,3-4,7-8H2,(H2,18,22);5-7H,1-4H2,(H2,14,17);1-4,8-9H. The predicted molar refractivity (Wildman–Crippen MR) is 189 cm³/mol. The van der Waals surface area contributed by atoms with Crippen molar-refractivity contribution in [2.24, 2.45) is 23.3 Å². The van der Waals surface area contributed by atoms with E-state index in [-0.39, 0.29) is 23.7 Å². The van der Waals surface area contributed by atoms with Crippen LogP contribution in [0.25, 0.3) is 11.1 Å². The molecule has 4 aromatic heterocycles. The van der Waals surface area contributed by atoms with Gasteiger partial charge in [-0.2, -0.15) is 0 Å². The summed E-state index contributed by atoms with van der Waals surface area (Å²) in [5, 5.41) is 18.8. The lowest BCUT2D eigenvalue weighted by molar-refractivity contribution is -0.123. The fourth-order valence-corrected chi connectivity index (χ4v) is 6.39. The number of halogens is 3. The molecule has 2 saturated heterocycles. The summed E-state index contributed by atoms with van der Waals surface area (Å²) in [6, 6.07) is 6.97. The van der Waals surface area contributed by atoms with Gasteiger partial charge in [0.2, 0.25) is 11.8 Å². The number of primary amides is 2. The third kappa shape index (κ3) is 10.0. The first-order valence-electron chi connectivity index (χ1n) is 15.2. The molecule has 2 amide bonds. The maximum Gasteiger partial charge on any atom is 0.488 e. The second-order valence-electron chi connectivity index (χ2n) is 11.2. The first kappa shape index (κ1) is 36.8. The molecule has 0 bridgehead atoms. The van der Waals surface area contributed by atoms with E-state index in [1.54, 1.807) is 43.1 Å². The topological polar surface area (TPSA) is 185 Å². The zero-order chi connectivity index (χ0) is 34.6. The van der Waals surface area contributed by atoms with Crippen LogP contribution < -0.4 is 26.7 Å². The summed E-state index contributed by atoms with van der Waals surface area (Å²) >= 11 is 18.6. The lowest BCUT2D eigenvalue weighted by atomic mass is 9.81. The average molecular weight is 714 g/mol. The molecule has 0 radical (unpaired) electrons. The van der Waals surface area contributed by atoms with Gasteiger partial charge in [-0.05, 0) is 61.0 Å². The lowest BCUT2D eigenvalue weighted by Gasteiger charge is -2.34. The van der Waals surface area contributed by atoms with Crippen LogP contribution in [0.3, 0.4) is 0 Å². The van der Waals surface area contributed by atoms with Gasteiger partial charge < -0.3 is 31.3 Å². The first-order valence-corrected chi connectivity index (χ1v) is 16.4. The number of anilines is 2. The second-order valence-corrected chi connectivity index (χ2v) is 12.4. The molecule has 4 aromatic rings. The molecule has 12 nitrogen and oxygen atoms in total. The summed E-state index contributed by atoms with van der Waals surface area (Å²) in [7, 11) is -1.38. The fourth-order valence-electron chi connectivity index (χ4n) is 5.51. The van der Waals surface area contributed by atoms with Crippen LogP contribution in [-0.4, -0.2) is 75.1 Å². The highest BCUT2D eigenvalue weighted by Gasteiger charge is 2.27. The Bertz CT molecular complexity index is 1620. The summed E-state index contributed by atoms with van der Waals surface area (Å²) in [6.45, 7) is 2.99. The van der Waals surface area contributed by atoms with Crippen molar-refractivity contribution in [1.29, 1.82) is 0 Å². The quantitative estimate of drug-likeness (QED) is 0.216. The highest BCUT2D eigenvalue weighted by Crippen LogP contribution is 2.38. The highest BCUT2D eigenvalue weighted by atomic mass is 35.5. The normalized spacial score (nSPS) is 15.0. The predicted octanol–water partition coefficient (Wildman–Crippen LogP) is 3.35. The number of rotatable bonds is 6. The van der Waals surface area contributed by atoms with Gasteiger partial charge in [-0.25, -0.2) is 0 Å². The zero-order valence-corrected chi connectivity index (χ0v) is 28.3. The van der Waals surface area contributed by atoms with E-state index in [0.717, 1.165) is 74.4 Å². The number of aromatic nitrogens is 4. The average Bonchev–Trinajstić information content (AvgIpc) is 3.10. The van der Waals surface area contributed by atoms with Crippen LogP contribution in [0.5, 0.6) is 0 Å². The van der Waals surface area contributed by atoms with Gasteiger partial charge in [0.05, 0.1) is 26.4 Å². The van der Waals surface area contributed by atoms with Crippen LogP contribution in [0.15, 0.2) is 73.8 Å². The van der Waals surface area contributed by atoms with Gasteiger partial charge >= 0.3 is 7.12 Å². The van der Waals surface area contributed by atoms with Crippen LogP contribution in [0, 0.1) is 11.8 Å². The molecule has 2 fully saturated rings. The molecule has 0 saturated carbocycles. The van der Waals surface area contributed by atoms with Crippen LogP contribution in [-0.2, 0) is 9.59 Å². The van der Waals surface area contributed by atoms with E-state index in [9.17, 15) is 9.59 Å². The molecular formula is C32H36BCl3N8O4. The number of hydrogen-bond acceptors (Lipinski definition) is 10. The van der Waals surface area contributed by atoms with E-state index in [2.05, 4.69) is 29.7 Å². The van der Waals surface area contributed by atoms with Crippen molar-refractivity contribution < 1.29 is 19.6 Å². The Morgan fingerprint density at radius 3 is 1.46 bits per heavy atom. The number of carbonyl (C=O) groups is 2. The van der Waals surface area contributed by atoms with Crippen molar-refractivity contribution in [2.75, 3.05) is 36.0 Å². The minimum absolute atomic E-state index is 0.0364. The fraction of sp³-hybridized carbons (Fsp3) is 0.312. The molecule has 6 rings (SSSR count). The van der Waals surface area contributed by atoms with Gasteiger partial charge in [0.1, 0.15) is 0 Å². The van der Waals surface area contributed by atoms with Gasteiger partial charge in [0.25, 0.3) is 0 Å². The molecule has 0 aliphatic carbocycles. The lowest BCUT2D eigenvalue weighted by Crippen LogP contribution is -2.38. The van der Waals surface area contributed by atoms with Gasteiger partial charge in [0, 0.05) is 93.2 Å². The Kier molecular flexibility index (Phi) is 13.8. The summed E-state index contributed by atoms with van der Waals surface area (Å²) in [5.74, 6) is -0.515. The van der Waals surface area contributed by atoms with Gasteiger partial charge in [-0.1, -0.05) is 34.8 Å². The Balaban J connectivity index is 0.000000177. The minimum Gasteiger partial charge on any atom is -0.423 e. The van der Waals surface area contributed by atoms with Crippen molar-refractivity contribution in [1.82, 2.24) is 19.9 Å². The van der Waals surface area contributed by atoms with Crippen molar-refractivity contribution in [3.63, 3.8) is 0 Å². The van der Waals surface area contributed by atoms with Gasteiger partial charge in [-0.15, -0.1) is 0 Å². The Morgan fingerprint density at radius 1 is 0.646 bits per heavy atom. The molecule has 252 valence electrons. The molecular weight excluding hydrogens is 678 g/mol. The molecule has 16 heteroatoms. The third-order valence-corrected chi connectivity index (χ3v) is 8.95. The van der Waals surface area contributed by atoms with Crippen LogP contribution >= 0.6 is 34.8 Å². The van der Waals surface area contributed by atoms with Crippen LogP contribution in [0.1, 0.15) is 25.7 Å². The largest absolute Gasteiger partial charge is 0.488 e. The Hall–Kier alpha value is -4.01. The highest BCUT2D eigenvalue weighted by molar-refractivity contribution is 6.58. The number of nitrogens with zero attached hydrogens (tertiary/aromatic N) is 6. The number of amides is 2. The number of nitrogens with two attached hydrogens (primary N) is 2. The van der Waals surface area contributed by atoms with E-state index in [4.69, 9.17) is 56.3 Å². The first-order chi connectivity index (χ1) is 23.1.